The molecule has 2 aromatic rings. The van der Waals surface area contributed by atoms with Crippen LogP contribution in [0.15, 0.2) is 47.5 Å². The van der Waals surface area contributed by atoms with Crippen LogP contribution >= 0.6 is 0 Å². The maximum Gasteiger partial charge on any atom is 0.351 e. The number of carbonyl (C=O) groups excluding carboxylic acids is 7. The molecule has 13 atom stereocenters. The molecule has 7 rings (SSSR count). The number of cyclic esters (lactones) is 1. The van der Waals surface area contributed by atoms with Crippen LogP contribution in [0.1, 0.15) is 90.3 Å². The molecule has 3 saturated heterocycles. The molecule has 0 aromatic carbocycles. The molecular formula is C42H49NO17. The summed E-state index contributed by atoms with van der Waals surface area (Å²) in [6.07, 6.45) is -5.87. The van der Waals surface area contributed by atoms with E-state index < -0.39 is 136 Å². The number of fused-ring (bicyclic) bond motifs is 1. The van der Waals surface area contributed by atoms with Crippen LogP contribution in [0, 0.1) is 28.1 Å². The normalized spacial score (nSPS) is 38.9. The van der Waals surface area contributed by atoms with Gasteiger partial charge in [-0.05, 0) is 44.4 Å². The van der Waals surface area contributed by atoms with Crippen LogP contribution in [0.2, 0.25) is 0 Å². The number of aromatic nitrogens is 1. The number of furan rings is 1. The summed E-state index contributed by atoms with van der Waals surface area (Å²) < 4.78 is 54.5. The molecule has 324 valence electrons. The Balaban J connectivity index is 1.58. The maximum atomic E-state index is 16.3. The molecule has 2 aromatic heterocycles. The number of ketones is 1. The Morgan fingerprint density at radius 2 is 1.68 bits per heavy atom. The Morgan fingerprint density at radius 1 is 1.00 bits per heavy atom. The lowest BCUT2D eigenvalue weighted by Gasteiger charge is -2.62. The van der Waals surface area contributed by atoms with Crippen LogP contribution in [0.25, 0.3) is 0 Å². The molecule has 1 unspecified atom stereocenters. The van der Waals surface area contributed by atoms with Crippen molar-refractivity contribution in [1.82, 2.24) is 4.98 Å². The van der Waals surface area contributed by atoms with E-state index in [4.69, 9.17) is 42.3 Å². The topological polar surface area (TPSA) is 243 Å². The number of hydrogen-bond acceptors (Lipinski definition) is 18. The standard InChI is InChI=1S/C42H49NO17/c1-10-20(2)32(47)57-27-29(59-33(48)23-12-11-14-43-17-23)37(5,6)25(16-26(46)52-9)38(7)30(27)60-42-31(55-21(3)44)34(49)58-28(24-13-15-53-18-24)39(42,8)36(56-22(4)45)41(51,35(38)50)40(42)19-54-40/h11-15,17-18,20,25,27-31,36,51H,10,16,19H2,1-9H3/t20?,25-,27-,28-,29+,30-,31+,36+,38+,39+,40-,41+,42+/m0/s1. The number of methoxy groups -OCH3 is 1. The van der Waals surface area contributed by atoms with E-state index in [1.165, 1.54) is 57.0 Å². The lowest BCUT2D eigenvalue weighted by atomic mass is 9.48. The van der Waals surface area contributed by atoms with Gasteiger partial charge in [-0.1, -0.05) is 27.7 Å². The lowest BCUT2D eigenvalue weighted by molar-refractivity contribution is -0.330. The Hall–Kier alpha value is -5.20. The molecule has 18 nitrogen and oxygen atoms in total. The summed E-state index contributed by atoms with van der Waals surface area (Å²) in [6, 6.07) is 4.40. The summed E-state index contributed by atoms with van der Waals surface area (Å²) in [4.78, 5) is 103. The van der Waals surface area contributed by atoms with Gasteiger partial charge in [0.05, 0.1) is 55.0 Å². The van der Waals surface area contributed by atoms with Gasteiger partial charge in [-0.15, -0.1) is 0 Å². The van der Waals surface area contributed by atoms with E-state index in [9.17, 15) is 33.9 Å². The number of nitrogens with zero attached hydrogens (tertiary/aromatic N) is 1. The van der Waals surface area contributed by atoms with Gasteiger partial charge in [0.2, 0.25) is 6.10 Å². The van der Waals surface area contributed by atoms with Gasteiger partial charge in [-0.2, -0.15) is 0 Å². The highest BCUT2D eigenvalue weighted by Gasteiger charge is 2.99. The highest BCUT2D eigenvalue weighted by Crippen LogP contribution is 2.77. The monoisotopic (exact) mass is 839 g/mol. The van der Waals surface area contributed by atoms with Gasteiger partial charge in [0.25, 0.3) is 0 Å². The zero-order valence-corrected chi connectivity index (χ0v) is 34.7. The van der Waals surface area contributed by atoms with E-state index in [-0.39, 0.29) is 11.1 Å². The highest BCUT2D eigenvalue weighted by atomic mass is 16.7. The van der Waals surface area contributed by atoms with Gasteiger partial charge in [0.1, 0.15) is 18.3 Å². The fourth-order valence-electron chi connectivity index (χ4n) is 10.8. The van der Waals surface area contributed by atoms with Gasteiger partial charge in [-0.25, -0.2) is 9.59 Å². The van der Waals surface area contributed by atoms with Crippen LogP contribution in [0.4, 0.5) is 0 Å². The number of Topliss-reactive ketones (excluding diaryl/α,β-unsaturated/α-hetero) is 1. The first-order chi connectivity index (χ1) is 28.1. The van der Waals surface area contributed by atoms with Crippen molar-refractivity contribution in [1.29, 1.82) is 0 Å². The molecule has 5 fully saturated rings. The van der Waals surface area contributed by atoms with Crippen LogP contribution in [0.5, 0.6) is 0 Å². The number of hydrogen-bond donors (Lipinski definition) is 1. The second kappa shape index (κ2) is 14.5. The molecule has 2 saturated carbocycles. The van der Waals surface area contributed by atoms with E-state index >= 15 is 4.79 Å². The lowest BCUT2D eigenvalue weighted by Crippen LogP contribution is -2.76. The molecule has 2 bridgehead atoms. The molecule has 18 heteroatoms. The second-order valence-electron chi connectivity index (χ2n) is 17.3. The van der Waals surface area contributed by atoms with Crippen molar-refractivity contribution in [2.75, 3.05) is 13.7 Å². The minimum absolute atomic E-state index is 0.0120. The largest absolute Gasteiger partial charge is 0.472 e. The first kappa shape index (κ1) is 42.9. The van der Waals surface area contributed by atoms with Gasteiger partial charge < -0.3 is 47.4 Å². The van der Waals surface area contributed by atoms with Crippen LogP contribution in [0.3, 0.4) is 0 Å². The third-order valence-corrected chi connectivity index (χ3v) is 13.8. The summed E-state index contributed by atoms with van der Waals surface area (Å²) in [5, 5.41) is 13.7. The van der Waals surface area contributed by atoms with E-state index in [0.29, 0.717) is 6.42 Å². The number of carbonyl (C=O) groups is 7. The predicted molar refractivity (Wildman–Crippen MR) is 198 cm³/mol. The molecule has 1 N–H and O–H groups in total. The SMILES string of the molecule is CCC(C)C(=O)O[C@H]1[C@@H](OC(=O)c2cccnc2)C(C)(C)[C@H](CC(=O)OC)[C@@]2(C)C(=O)[C@@]3(O)[C@H](OC(C)=O)[C@@]4(C)[C@H](c5ccoc5)OC(=O)[C@@H](OC(C)=O)[C@]4(O[C@@H]12)[C@]31CO1. The first-order valence-corrected chi connectivity index (χ1v) is 19.7. The Kier molecular flexibility index (Phi) is 10.4. The minimum atomic E-state index is -2.99. The Bertz CT molecular complexity index is 2100. The summed E-state index contributed by atoms with van der Waals surface area (Å²) in [5.41, 5.74) is -13.5. The fraction of sp³-hybridized carbons (Fsp3) is 0.619. The maximum absolute atomic E-state index is 16.3. The number of pyridine rings is 1. The number of rotatable bonds is 10. The quantitative estimate of drug-likeness (QED) is 0.205. The van der Waals surface area contributed by atoms with E-state index in [0.717, 1.165) is 21.0 Å². The van der Waals surface area contributed by atoms with Crippen molar-refractivity contribution in [3.8, 4) is 0 Å². The molecule has 5 aliphatic rings. The molecule has 5 heterocycles. The third kappa shape index (κ3) is 5.62. The number of aliphatic hydroxyl groups is 1. The van der Waals surface area contributed by atoms with E-state index in [1.807, 2.05) is 0 Å². The van der Waals surface area contributed by atoms with Gasteiger partial charge in [0, 0.05) is 37.2 Å². The van der Waals surface area contributed by atoms with E-state index in [2.05, 4.69) is 4.98 Å². The van der Waals surface area contributed by atoms with Crippen LogP contribution < -0.4 is 0 Å². The fourth-order valence-corrected chi connectivity index (χ4v) is 10.8. The van der Waals surface area contributed by atoms with Gasteiger partial charge in [0.15, 0.2) is 34.8 Å². The first-order valence-electron chi connectivity index (χ1n) is 19.7. The molecule has 60 heavy (non-hydrogen) atoms. The zero-order valence-electron chi connectivity index (χ0n) is 34.7. The van der Waals surface area contributed by atoms with Crippen molar-refractivity contribution in [3.05, 3.63) is 54.2 Å². The molecule has 2 spiro atoms. The Labute approximate surface area is 344 Å². The summed E-state index contributed by atoms with van der Waals surface area (Å²) in [5.74, 6) is -8.84. The van der Waals surface area contributed by atoms with Gasteiger partial charge in [-0.3, -0.25) is 29.0 Å². The molecule has 0 amide bonds. The van der Waals surface area contributed by atoms with Crippen molar-refractivity contribution in [3.63, 3.8) is 0 Å². The van der Waals surface area contributed by atoms with Crippen molar-refractivity contribution in [2.45, 2.75) is 122 Å². The van der Waals surface area contributed by atoms with Crippen molar-refractivity contribution in [2.24, 2.45) is 28.1 Å². The zero-order chi connectivity index (χ0) is 44.0. The van der Waals surface area contributed by atoms with Gasteiger partial charge >= 0.3 is 35.8 Å². The number of ether oxygens (including phenoxy) is 8. The average molecular weight is 840 g/mol. The summed E-state index contributed by atoms with van der Waals surface area (Å²) in [7, 11) is 1.14. The number of epoxide rings is 1. The van der Waals surface area contributed by atoms with Crippen molar-refractivity contribution < 1.29 is 81.0 Å². The molecule has 3 aliphatic heterocycles. The number of esters is 6. The Morgan fingerprint density at radius 3 is 2.23 bits per heavy atom. The summed E-state index contributed by atoms with van der Waals surface area (Å²) in [6.45, 7) is 10.9. The van der Waals surface area contributed by atoms with Crippen molar-refractivity contribution >= 4 is 41.6 Å². The van der Waals surface area contributed by atoms with Crippen LogP contribution in [-0.4, -0.2) is 113 Å². The molecular weight excluding hydrogens is 790 g/mol. The molecule has 2 aliphatic carbocycles. The minimum Gasteiger partial charge on any atom is -0.472 e. The third-order valence-electron chi connectivity index (χ3n) is 13.8. The second-order valence-corrected chi connectivity index (χ2v) is 17.3. The smallest absolute Gasteiger partial charge is 0.351 e. The molecule has 0 radical (unpaired) electrons. The predicted octanol–water partition coefficient (Wildman–Crippen LogP) is 2.77. The van der Waals surface area contributed by atoms with Crippen LogP contribution in [-0.2, 0) is 66.7 Å². The highest BCUT2D eigenvalue weighted by molar-refractivity contribution is 6.00. The van der Waals surface area contributed by atoms with E-state index in [1.54, 1.807) is 27.7 Å². The average Bonchev–Trinajstić information content (AvgIpc) is 3.83. The summed E-state index contributed by atoms with van der Waals surface area (Å²) >= 11 is 0.